The lowest BCUT2D eigenvalue weighted by molar-refractivity contribution is -0.139. The molecule has 8 heteroatoms. The third kappa shape index (κ3) is 4.81. The summed E-state index contributed by atoms with van der Waals surface area (Å²) in [5.74, 6) is 1.69. The van der Waals surface area contributed by atoms with Crippen LogP contribution in [0.3, 0.4) is 0 Å². The van der Waals surface area contributed by atoms with Crippen LogP contribution in [0.2, 0.25) is 0 Å². The highest BCUT2D eigenvalue weighted by molar-refractivity contribution is 6.06. The number of rotatable bonds is 6. The number of hydrogen-bond acceptors (Lipinski definition) is 6. The number of carbonyl (C=O) groups excluding carboxylic acids is 2. The lowest BCUT2D eigenvalue weighted by Crippen LogP contribution is -2.52. The van der Waals surface area contributed by atoms with Gasteiger partial charge in [0.25, 0.3) is 11.8 Å². The van der Waals surface area contributed by atoms with Crippen LogP contribution in [0.4, 0.5) is 5.69 Å². The summed E-state index contributed by atoms with van der Waals surface area (Å²) in [5, 5.41) is 0. The molecule has 4 rings (SSSR count). The van der Waals surface area contributed by atoms with Gasteiger partial charge in [0.1, 0.15) is 5.75 Å². The molecule has 2 aliphatic rings. The van der Waals surface area contributed by atoms with Crippen LogP contribution in [0, 0.1) is 0 Å². The average Bonchev–Trinajstić information content (AvgIpc) is 2.90. The van der Waals surface area contributed by atoms with Crippen molar-refractivity contribution in [1.29, 1.82) is 0 Å². The van der Waals surface area contributed by atoms with E-state index >= 15 is 0 Å². The zero-order valence-corrected chi connectivity index (χ0v) is 19.8. The van der Waals surface area contributed by atoms with E-state index in [0.717, 1.165) is 32.4 Å². The van der Waals surface area contributed by atoms with Crippen LogP contribution in [-0.2, 0) is 9.59 Å². The Morgan fingerprint density at radius 2 is 1.65 bits per heavy atom. The molecule has 1 fully saturated rings. The number of likely N-dealkylation sites (tertiary alicyclic amines) is 1. The molecule has 0 aliphatic carbocycles. The van der Waals surface area contributed by atoms with Gasteiger partial charge in [0.05, 0.1) is 33.6 Å². The molecule has 180 valence electrons. The van der Waals surface area contributed by atoms with E-state index in [9.17, 15) is 9.59 Å². The first-order valence-corrected chi connectivity index (χ1v) is 11.4. The summed E-state index contributed by atoms with van der Waals surface area (Å²) in [6.45, 7) is 1.62. The van der Waals surface area contributed by atoms with E-state index in [1.54, 1.807) is 43.4 Å². The number of carbonyl (C=O) groups is 2. The first-order valence-electron chi connectivity index (χ1n) is 11.4. The zero-order chi connectivity index (χ0) is 24.1. The third-order valence-corrected chi connectivity index (χ3v) is 6.09. The Morgan fingerprint density at radius 3 is 2.29 bits per heavy atom. The molecule has 8 nitrogen and oxygen atoms in total. The number of anilines is 1. The zero-order valence-electron chi connectivity index (χ0n) is 19.8. The highest BCUT2D eigenvalue weighted by Gasteiger charge is 2.35. The van der Waals surface area contributed by atoms with Gasteiger partial charge in [-0.2, -0.15) is 0 Å². The molecule has 2 aromatic carbocycles. The van der Waals surface area contributed by atoms with Gasteiger partial charge >= 0.3 is 0 Å². The third-order valence-electron chi connectivity index (χ3n) is 6.09. The first-order chi connectivity index (χ1) is 16.5. The van der Waals surface area contributed by atoms with Crippen molar-refractivity contribution < 1.29 is 28.5 Å². The maximum absolute atomic E-state index is 13.3. The summed E-state index contributed by atoms with van der Waals surface area (Å²) in [7, 11) is 4.62. The van der Waals surface area contributed by atoms with Crippen molar-refractivity contribution in [2.24, 2.45) is 0 Å². The number of nitrogens with zero attached hydrogens (tertiary/aromatic N) is 2. The van der Waals surface area contributed by atoms with Gasteiger partial charge in [-0.3, -0.25) is 9.59 Å². The molecule has 0 N–H and O–H groups in total. The average molecular weight is 467 g/mol. The minimum absolute atomic E-state index is 0.0689. The molecular weight excluding hydrogens is 436 g/mol. The molecule has 0 spiro atoms. The molecule has 0 radical (unpaired) electrons. The van der Waals surface area contributed by atoms with E-state index in [0.29, 0.717) is 34.2 Å². The number of benzene rings is 2. The Balaban J connectivity index is 1.58. The molecule has 2 heterocycles. The predicted octanol–water partition coefficient (Wildman–Crippen LogP) is 3.53. The quantitative estimate of drug-likeness (QED) is 0.606. The number of piperidine rings is 1. The van der Waals surface area contributed by atoms with Gasteiger partial charge in [-0.15, -0.1) is 0 Å². The number of hydrogen-bond donors (Lipinski definition) is 0. The fourth-order valence-corrected chi connectivity index (χ4v) is 4.34. The molecule has 1 saturated heterocycles. The number of para-hydroxylation sites is 2. The fraction of sp³-hybridized carbons (Fsp3) is 0.385. The lowest BCUT2D eigenvalue weighted by atomic mass is 10.1. The molecule has 2 amide bonds. The van der Waals surface area contributed by atoms with E-state index < -0.39 is 6.10 Å². The topological polar surface area (TPSA) is 77.5 Å². The Morgan fingerprint density at radius 1 is 0.971 bits per heavy atom. The van der Waals surface area contributed by atoms with Crippen LogP contribution < -0.4 is 23.8 Å². The summed E-state index contributed by atoms with van der Waals surface area (Å²) in [6, 6.07) is 10.8. The van der Waals surface area contributed by atoms with E-state index in [1.807, 2.05) is 23.1 Å². The van der Waals surface area contributed by atoms with E-state index in [2.05, 4.69) is 0 Å². The van der Waals surface area contributed by atoms with E-state index in [-0.39, 0.29) is 18.4 Å². The maximum atomic E-state index is 13.3. The van der Waals surface area contributed by atoms with Crippen LogP contribution in [0.5, 0.6) is 23.0 Å². The van der Waals surface area contributed by atoms with Gasteiger partial charge in [0, 0.05) is 19.2 Å². The second kappa shape index (κ2) is 10.5. The van der Waals surface area contributed by atoms with Gasteiger partial charge in [-0.25, -0.2) is 0 Å². The Kier molecular flexibility index (Phi) is 7.25. The Labute approximate surface area is 199 Å². The summed E-state index contributed by atoms with van der Waals surface area (Å²) in [4.78, 5) is 29.8. The van der Waals surface area contributed by atoms with Crippen LogP contribution in [-0.4, -0.2) is 63.8 Å². The van der Waals surface area contributed by atoms with Crippen molar-refractivity contribution in [3.05, 3.63) is 48.0 Å². The second-order valence-corrected chi connectivity index (χ2v) is 8.20. The SMILES string of the molecule is COc1cc(/C=C/C(=O)N2CC(C(=O)N3CCCCC3)Oc3ccccc32)cc(OC)c1OC. The number of amides is 2. The summed E-state index contributed by atoms with van der Waals surface area (Å²) < 4.78 is 22.2. The molecule has 2 aliphatic heterocycles. The molecule has 0 bridgehead atoms. The lowest BCUT2D eigenvalue weighted by Gasteiger charge is -2.37. The van der Waals surface area contributed by atoms with Crippen molar-refractivity contribution in [2.45, 2.75) is 25.4 Å². The van der Waals surface area contributed by atoms with Crippen molar-refractivity contribution in [1.82, 2.24) is 4.90 Å². The smallest absolute Gasteiger partial charge is 0.265 e. The van der Waals surface area contributed by atoms with Gasteiger partial charge < -0.3 is 28.7 Å². The van der Waals surface area contributed by atoms with Crippen LogP contribution in [0.1, 0.15) is 24.8 Å². The van der Waals surface area contributed by atoms with Crippen molar-refractivity contribution in [2.75, 3.05) is 45.9 Å². The number of methoxy groups -OCH3 is 3. The standard InChI is InChI=1S/C26H30N2O6/c1-31-21-15-18(16-22(32-2)25(21)33-3)11-12-24(29)28-17-23(26(30)27-13-7-4-8-14-27)34-20-10-6-5-9-19(20)28/h5-6,9-12,15-16,23H,4,7-8,13-14,17H2,1-3H3/b12-11+. The van der Waals surface area contributed by atoms with E-state index in [4.69, 9.17) is 18.9 Å². The van der Waals surface area contributed by atoms with Crippen molar-refractivity contribution in [3.8, 4) is 23.0 Å². The monoisotopic (exact) mass is 466 g/mol. The van der Waals surface area contributed by atoms with E-state index in [1.165, 1.54) is 13.2 Å². The molecular formula is C26H30N2O6. The van der Waals surface area contributed by atoms with Gasteiger partial charge in [-0.05, 0) is 55.2 Å². The maximum Gasteiger partial charge on any atom is 0.265 e. The molecule has 34 heavy (non-hydrogen) atoms. The predicted molar refractivity (Wildman–Crippen MR) is 129 cm³/mol. The Bertz CT molecular complexity index is 1050. The number of ether oxygens (including phenoxy) is 4. The largest absolute Gasteiger partial charge is 0.493 e. The first kappa shape index (κ1) is 23.5. The Hall–Kier alpha value is -3.68. The molecule has 0 saturated carbocycles. The summed E-state index contributed by atoms with van der Waals surface area (Å²) in [6.07, 6.45) is 5.56. The fourth-order valence-electron chi connectivity index (χ4n) is 4.34. The normalized spacial score (nSPS) is 17.7. The van der Waals surface area contributed by atoms with Gasteiger partial charge in [0.15, 0.2) is 17.6 Å². The molecule has 0 aromatic heterocycles. The minimum atomic E-state index is -0.730. The summed E-state index contributed by atoms with van der Waals surface area (Å²) >= 11 is 0. The second-order valence-electron chi connectivity index (χ2n) is 8.20. The minimum Gasteiger partial charge on any atom is -0.493 e. The van der Waals surface area contributed by atoms with Crippen molar-refractivity contribution >= 4 is 23.6 Å². The van der Waals surface area contributed by atoms with Gasteiger partial charge in [0.2, 0.25) is 5.75 Å². The number of fused-ring (bicyclic) bond motifs is 1. The molecule has 1 unspecified atom stereocenters. The highest BCUT2D eigenvalue weighted by atomic mass is 16.5. The summed E-state index contributed by atoms with van der Waals surface area (Å²) in [5.41, 5.74) is 1.36. The molecule has 2 aromatic rings. The van der Waals surface area contributed by atoms with Crippen LogP contribution in [0.15, 0.2) is 42.5 Å². The highest BCUT2D eigenvalue weighted by Crippen LogP contribution is 2.39. The van der Waals surface area contributed by atoms with Crippen molar-refractivity contribution in [3.63, 3.8) is 0 Å². The van der Waals surface area contributed by atoms with Gasteiger partial charge in [-0.1, -0.05) is 12.1 Å². The van der Waals surface area contributed by atoms with Crippen LogP contribution in [0.25, 0.3) is 6.08 Å². The molecule has 1 atom stereocenters. The van der Waals surface area contributed by atoms with Crippen LogP contribution >= 0.6 is 0 Å².